The number of aromatic nitrogens is 4. The second-order valence-corrected chi connectivity index (χ2v) is 7.69. The highest BCUT2D eigenvalue weighted by Crippen LogP contribution is 2.27. The molecule has 0 unspecified atom stereocenters. The number of rotatable bonds is 5. The SMILES string of the molecule is O=C(CCn1cnc2cc(-c3noc(-c4ccc(Br)o4)n3)ccc21)N1CCOCC1. The van der Waals surface area contributed by atoms with Crippen molar-refractivity contribution in [1.29, 1.82) is 0 Å². The molecular weight excluding hydrogens is 454 g/mol. The molecule has 9 nitrogen and oxygen atoms in total. The van der Waals surface area contributed by atoms with E-state index in [1.807, 2.05) is 27.7 Å². The average Bonchev–Trinajstić information content (AvgIpc) is 3.51. The molecule has 0 saturated carbocycles. The highest BCUT2D eigenvalue weighted by Gasteiger charge is 2.18. The van der Waals surface area contributed by atoms with Gasteiger partial charge in [-0.05, 0) is 46.3 Å². The number of carbonyl (C=O) groups excluding carboxylic acids is 1. The maximum Gasteiger partial charge on any atom is 0.293 e. The molecule has 0 atom stereocenters. The van der Waals surface area contributed by atoms with Gasteiger partial charge in [0.15, 0.2) is 10.4 Å². The average molecular weight is 472 g/mol. The summed E-state index contributed by atoms with van der Waals surface area (Å²) < 4.78 is 18.6. The minimum Gasteiger partial charge on any atom is -0.444 e. The van der Waals surface area contributed by atoms with Crippen molar-refractivity contribution < 1.29 is 18.5 Å². The number of fused-ring (bicyclic) bond motifs is 1. The highest BCUT2D eigenvalue weighted by molar-refractivity contribution is 9.10. The third-order valence-electron chi connectivity index (χ3n) is 5.02. The van der Waals surface area contributed by atoms with E-state index in [2.05, 4.69) is 31.1 Å². The van der Waals surface area contributed by atoms with Crippen LogP contribution in [0.15, 0.2) is 50.3 Å². The number of nitrogens with zero attached hydrogens (tertiary/aromatic N) is 5. The summed E-state index contributed by atoms with van der Waals surface area (Å²) in [5.41, 5.74) is 2.54. The Balaban J connectivity index is 1.31. The molecule has 0 aliphatic carbocycles. The van der Waals surface area contributed by atoms with E-state index in [0.29, 0.717) is 61.4 Å². The normalized spacial score (nSPS) is 14.5. The second kappa shape index (κ2) is 8.04. The van der Waals surface area contributed by atoms with E-state index in [1.54, 1.807) is 18.5 Å². The van der Waals surface area contributed by atoms with Crippen LogP contribution in [0.2, 0.25) is 0 Å². The van der Waals surface area contributed by atoms with Crippen molar-refractivity contribution in [2.75, 3.05) is 26.3 Å². The lowest BCUT2D eigenvalue weighted by Gasteiger charge is -2.26. The Morgan fingerprint density at radius 1 is 1.17 bits per heavy atom. The van der Waals surface area contributed by atoms with Gasteiger partial charge in [-0.2, -0.15) is 4.98 Å². The molecule has 4 heterocycles. The summed E-state index contributed by atoms with van der Waals surface area (Å²) in [5.74, 6) is 1.40. The Hall–Kier alpha value is -2.98. The number of morpholine rings is 1. The molecule has 0 radical (unpaired) electrons. The Labute approximate surface area is 179 Å². The van der Waals surface area contributed by atoms with Crippen LogP contribution < -0.4 is 0 Å². The first kappa shape index (κ1) is 19.0. The molecule has 0 bridgehead atoms. The predicted molar refractivity (Wildman–Crippen MR) is 110 cm³/mol. The molecule has 3 aromatic heterocycles. The molecule has 10 heteroatoms. The fraction of sp³-hybridized carbons (Fsp3) is 0.300. The van der Waals surface area contributed by atoms with Gasteiger partial charge >= 0.3 is 0 Å². The minimum absolute atomic E-state index is 0.139. The molecular formula is C20H18BrN5O4. The largest absolute Gasteiger partial charge is 0.444 e. The maximum atomic E-state index is 12.4. The molecule has 30 heavy (non-hydrogen) atoms. The molecule has 5 rings (SSSR count). The van der Waals surface area contributed by atoms with Crippen molar-refractivity contribution in [2.45, 2.75) is 13.0 Å². The maximum absolute atomic E-state index is 12.4. The summed E-state index contributed by atoms with van der Waals surface area (Å²) in [5, 5.41) is 4.04. The van der Waals surface area contributed by atoms with Crippen molar-refractivity contribution in [3.63, 3.8) is 0 Å². The number of halogens is 1. The lowest BCUT2D eigenvalue weighted by atomic mass is 10.2. The van der Waals surface area contributed by atoms with Gasteiger partial charge in [0.2, 0.25) is 11.7 Å². The van der Waals surface area contributed by atoms with Gasteiger partial charge in [0.05, 0.1) is 30.6 Å². The molecule has 0 spiro atoms. The number of imidazole rings is 1. The van der Waals surface area contributed by atoms with Crippen LogP contribution in [0.3, 0.4) is 0 Å². The Kier molecular flexibility index (Phi) is 5.09. The van der Waals surface area contributed by atoms with Crippen LogP contribution in [0.25, 0.3) is 34.1 Å². The number of hydrogen-bond acceptors (Lipinski definition) is 7. The van der Waals surface area contributed by atoms with E-state index in [9.17, 15) is 4.79 Å². The van der Waals surface area contributed by atoms with Crippen LogP contribution in [0.4, 0.5) is 0 Å². The number of aryl methyl sites for hydroxylation is 1. The van der Waals surface area contributed by atoms with Crippen molar-refractivity contribution in [2.24, 2.45) is 0 Å². The van der Waals surface area contributed by atoms with Gasteiger partial charge in [0, 0.05) is 31.6 Å². The fourth-order valence-corrected chi connectivity index (χ4v) is 3.74. The summed E-state index contributed by atoms with van der Waals surface area (Å²) in [6, 6.07) is 9.29. The monoisotopic (exact) mass is 471 g/mol. The zero-order valence-electron chi connectivity index (χ0n) is 16.0. The van der Waals surface area contributed by atoms with Gasteiger partial charge in [-0.15, -0.1) is 0 Å². The summed E-state index contributed by atoms with van der Waals surface area (Å²) in [6.45, 7) is 3.11. The smallest absolute Gasteiger partial charge is 0.293 e. The molecule has 0 N–H and O–H groups in total. The Morgan fingerprint density at radius 3 is 2.83 bits per heavy atom. The number of furan rings is 1. The van der Waals surface area contributed by atoms with Gasteiger partial charge < -0.3 is 23.1 Å². The molecule has 1 saturated heterocycles. The van der Waals surface area contributed by atoms with Gasteiger partial charge in [0.25, 0.3) is 5.89 Å². The van der Waals surface area contributed by atoms with E-state index in [4.69, 9.17) is 13.7 Å². The summed E-state index contributed by atoms with van der Waals surface area (Å²) in [7, 11) is 0. The zero-order chi connectivity index (χ0) is 20.5. The van der Waals surface area contributed by atoms with E-state index >= 15 is 0 Å². The van der Waals surface area contributed by atoms with Gasteiger partial charge in [-0.25, -0.2) is 4.98 Å². The number of carbonyl (C=O) groups is 1. The van der Waals surface area contributed by atoms with Crippen molar-refractivity contribution in [1.82, 2.24) is 24.6 Å². The third kappa shape index (κ3) is 3.75. The van der Waals surface area contributed by atoms with Gasteiger partial charge in [0.1, 0.15) is 0 Å². The van der Waals surface area contributed by atoms with E-state index in [0.717, 1.165) is 16.6 Å². The van der Waals surface area contributed by atoms with Gasteiger partial charge in [-0.3, -0.25) is 4.79 Å². The third-order valence-corrected chi connectivity index (χ3v) is 5.45. The number of benzene rings is 1. The van der Waals surface area contributed by atoms with Crippen molar-refractivity contribution in [3.05, 3.63) is 41.3 Å². The highest BCUT2D eigenvalue weighted by atomic mass is 79.9. The number of amides is 1. The van der Waals surface area contributed by atoms with E-state index in [1.165, 1.54) is 0 Å². The standard InChI is InChI=1S/C20H18BrN5O4/c21-17-4-3-16(29-17)20-23-19(24-30-20)13-1-2-15-14(11-13)22-12-26(15)6-5-18(27)25-7-9-28-10-8-25/h1-4,11-12H,5-10H2. The topological polar surface area (TPSA) is 99.4 Å². The number of hydrogen-bond donors (Lipinski definition) is 0. The quantitative estimate of drug-likeness (QED) is 0.439. The Morgan fingerprint density at radius 2 is 2.03 bits per heavy atom. The first-order chi connectivity index (χ1) is 14.7. The van der Waals surface area contributed by atoms with Crippen LogP contribution in [-0.4, -0.2) is 56.8 Å². The summed E-state index contributed by atoms with van der Waals surface area (Å²) in [4.78, 5) is 23.1. The lowest BCUT2D eigenvalue weighted by Crippen LogP contribution is -2.40. The number of ether oxygens (including phenoxy) is 1. The van der Waals surface area contributed by atoms with Crippen LogP contribution in [-0.2, 0) is 16.1 Å². The zero-order valence-corrected chi connectivity index (χ0v) is 17.5. The molecule has 4 aromatic rings. The Bertz CT molecular complexity index is 1190. The second-order valence-electron chi connectivity index (χ2n) is 6.91. The molecule has 1 aromatic carbocycles. The van der Waals surface area contributed by atoms with E-state index < -0.39 is 0 Å². The first-order valence-electron chi connectivity index (χ1n) is 9.57. The predicted octanol–water partition coefficient (Wildman–Crippen LogP) is 3.36. The van der Waals surface area contributed by atoms with Gasteiger partial charge in [-0.1, -0.05) is 5.16 Å². The van der Waals surface area contributed by atoms with Crippen LogP contribution in [0.5, 0.6) is 0 Å². The molecule has 1 aliphatic rings. The summed E-state index contributed by atoms with van der Waals surface area (Å²) >= 11 is 3.26. The minimum atomic E-state index is 0.139. The van der Waals surface area contributed by atoms with Crippen molar-refractivity contribution in [3.8, 4) is 23.0 Å². The lowest BCUT2D eigenvalue weighted by molar-refractivity contribution is -0.135. The van der Waals surface area contributed by atoms with Crippen LogP contribution in [0.1, 0.15) is 6.42 Å². The molecule has 154 valence electrons. The van der Waals surface area contributed by atoms with Crippen LogP contribution in [0, 0.1) is 0 Å². The molecule has 1 amide bonds. The fourth-order valence-electron chi connectivity index (χ4n) is 3.44. The van der Waals surface area contributed by atoms with Crippen molar-refractivity contribution >= 4 is 32.9 Å². The first-order valence-corrected chi connectivity index (χ1v) is 10.4. The molecule has 1 fully saturated rings. The van der Waals surface area contributed by atoms with E-state index in [-0.39, 0.29) is 5.91 Å². The van der Waals surface area contributed by atoms with Crippen LogP contribution >= 0.6 is 15.9 Å². The molecule has 1 aliphatic heterocycles. The summed E-state index contributed by atoms with van der Waals surface area (Å²) in [6.07, 6.45) is 2.18.